The summed E-state index contributed by atoms with van der Waals surface area (Å²) in [6.07, 6.45) is -0.0618. The van der Waals surface area contributed by atoms with Gasteiger partial charge in [-0.15, -0.1) is 11.3 Å². The molecule has 7 heteroatoms. The molecule has 0 radical (unpaired) electrons. The van der Waals surface area contributed by atoms with Gasteiger partial charge >= 0.3 is 6.09 Å². The van der Waals surface area contributed by atoms with Crippen molar-refractivity contribution in [2.45, 2.75) is 38.5 Å². The van der Waals surface area contributed by atoms with Gasteiger partial charge < -0.3 is 4.74 Å². The Labute approximate surface area is 116 Å². The number of carbonyl (C=O) groups is 1. The van der Waals surface area contributed by atoms with Crippen molar-refractivity contribution < 1.29 is 17.9 Å². The summed E-state index contributed by atoms with van der Waals surface area (Å²) in [6.45, 7) is 5.38. The molecule has 0 aromatic carbocycles. The molecule has 0 spiro atoms. The lowest BCUT2D eigenvalue weighted by atomic mass is 10.2. The van der Waals surface area contributed by atoms with E-state index < -0.39 is 21.5 Å². The fraction of sp³-hybridized carbons (Fsp3) is 0.583. The third kappa shape index (κ3) is 3.70. The van der Waals surface area contributed by atoms with E-state index in [-0.39, 0.29) is 11.5 Å². The molecule has 0 fully saturated rings. The van der Waals surface area contributed by atoms with Crippen molar-refractivity contribution in [2.75, 3.05) is 11.1 Å². The van der Waals surface area contributed by atoms with Gasteiger partial charge in [0, 0.05) is 10.3 Å². The van der Waals surface area contributed by atoms with Gasteiger partial charge in [-0.2, -0.15) is 0 Å². The van der Waals surface area contributed by atoms with E-state index >= 15 is 0 Å². The van der Waals surface area contributed by atoms with Crippen LogP contribution in [0.4, 0.5) is 10.5 Å². The minimum Gasteiger partial charge on any atom is -0.444 e. The lowest BCUT2D eigenvalue weighted by Crippen LogP contribution is -2.27. The zero-order chi connectivity index (χ0) is 14.3. The highest BCUT2D eigenvalue weighted by molar-refractivity contribution is 7.90. The zero-order valence-corrected chi connectivity index (χ0v) is 12.8. The van der Waals surface area contributed by atoms with Crippen LogP contribution >= 0.6 is 11.3 Å². The topological polar surface area (TPSA) is 72.5 Å². The summed E-state index contributed by atoms with van der Waals surface area (Å²) in [5.74, 6) is 0.211. The van der Waals surface area contributed by atoms with Crippen molar-refractivity contribution in [1.82, 2.24) is 0 Å². The van der Waals surface area contributed by atoms with Crippen molar-refractivity contribution in [3.05, 3.63) is 15.8 Å². The number of anilines is 1. The predicted octanol–water partition coefficient (Wildman–Crippen LogP) is 2.57. The number of ether oxygens (including phenoxy) is 1. The third-order valence-corrected chi connectivity index (χ3v) is 5.40. The summed E-state index contributed by atoms with van der Waals surface area (Å²) in [5.41, 5.74) is 1.04. The fourth-order valence-corrected chi connectivity index (χ4v) is 4.73. The third-order valence-electron chi connectivity index (χ3n) is 2.63. The van der Waals surface area contributed by atoms with E-state index in [4.69, 9.17) is 4.74 Å². The van der Waals surface area contributed by atoms with Crippen molar-refractivity contribution in [3.8, 4) is 0 Å². The summed E-state index contributed by atoms with van der Waals surface area (Å²) in [4.78, 5) is 12.5. The highest BCUT2D eigenvalue weighted by atomic mass is 32.2. The Morgan fingerprint density at radius 1 is 1.42 bits per heavy atom. The zero-order valence-electron chi connectivity index (χ0n) is 11.1. The van der Waals surface area contributed by atoms with Crippen LogP contribution < -0.4 is 5.32 Å². The number of hydrogen-bond acceptors (Lipinski definition) is 5. The predicted molar refractivity (Wildman–Crippen MR) is 75.4 cm³/mol. The van der Waals surface area contributed by atoms with Gasteiger partial charge in [0.15, 0.2) is 9.84 Å². The SMILES string of the molecule is CC(C)(C)OC(=O)Nc1csc2c1CCS(=O)(=O)C2. The number of rotatable bonds is 1. The Kier molecular flexibility index (Phi) is 3.61. The van der Waals surface area contributed by atoms with Crippen molar-refractivity contribution in [3.63, 3.8) is 0 Å². The molecule has 0 bridgehead atoms. The first-order valence-electron chi connectivity index (χ1n) is 5.96. The fourth-order valence-electron chi connectivity index (χ4n) is 1.87. The van der Waals surface area contributed by atoms with Gasteiger partial charge in [0.2, 0.25) is 0 Å². The Hall–Kier alpha value is -1.08. The van der Waals surface area contributed by atoms with Crippen LogP contribution in [0, 0.1) is 0 Å². The summed E-state index contributed by atoms with van der Waals surface area (Å²) in [7, 11) is -2.97. The maximum Gasteiger partial charge on any atom is 0.412 e. The molecule has 1 aliphatic heterocycles. The number of carbonyl (C=O) groups excluding carboxylic acids is 1. The van der Waals surface area contributed by atoms with E-state index in [9.17, 15) is 13.2 Å². The monoisotopic (exact) mass is 303 g/mol. The van der Waals surface area contributed by atoms with E-state index in [0.29, 0.717) is 12.1 Å². The first-order valence-corrected chi connectivity index (χ1v) is 8.66. The smallest absolute Gasteiger partial charge is 0.412 e. The molecule has 5 nitrogen and oxygen atoms in total. The molecule has 1 aromatic rings. The van der Waals surface area contributed by atoms with Crippen molar-refractivity contribution in [2.24, 2.45) is 0 Å². The van der Waals surface area contributed by atoms with Crippen LogP contribution in [0.2, 0.25) is 0 Å². The van der Waals surface area contributed by atoms with Crippen molar-refractivity contribution >= 4 is 33.0 Å². The molecule has 1 amide bonds. The first-order chi connectivity index (χ1) is 8.66. The molecule has 106 valence electrons. The lowest BCUT2D eigenvalue weighted by Gasteiger charge is -2.20. The minimum absolute atomic E-state index is 0.0724. The van der Waals surface area contributed by atoms with Crippen LogP contribution in [0.3, 0.4) is 0 Å². The highest BCUT2D eigenvalue weighted by Crippen LogP contribution is 2.33. The number of thiophene rings is 1. The second-order valence-corrected chi connectivity index (χ2v) is 8.67. The average molecular weight is 303 g/mol. The molecule has 0 aliphatic carbocycles. The van der Waals surface area contributed by atoms with Crippen LogP contribution in [0.25, 0.3) is 0 Å². The van der Waals surface area contributed by atoms with Crippen LogP contribution in [0.1, 0.15) is 31.2 Å². The molecule has 1 N–H and O–H groups in total. The summed E-state index contributed by atoms with van der Waals surface area (Å²) < 4.78 is 28.2. The molecule has 0 saturated heterocycles. The maximum atomic E-state index is 11.7. The van der Waals surface area contributed by atoms with Gasteiger partial charge in [0.1, 0.15) is 5.60 Å². The number of hydrogen-bond donors (Lipinski definition) is 1. The van der Waals surface area contributed by atoms with E-state index in [2.05, 4.69) is 5.32 Å². The largest absolute Gasteiger partial charge is 0.444 e. The normalized spacial score (nSPS) is 17.6. The van der Waals surface area contributed by atoms with Crippen LogP contribution in [-0.4, -0.2) is 25.9 Å². The molecule has 0 atom stereocenters. The average Bonchev–Trinajstić information content (AvgIpc) is 2.55. The Morgan fingerprint density at radius 2 is 2.11 bits per heavy atom. The van der Waals surface area contributed by atoms with Gasteiger partial charge in [-0.1, -0.05) is 0 Å². The Bertz CT molecular complexity index is 596. The Balaban J connectivity index is 2.12. The van der Waals surface area contributed by atoms with Gasteiger partial charge in [0.25, 0.3) is 0 Å². The molecule has 1 aliphatic rings. The number of amides is 1. The standard InChI is InChI=1S/C12H17NO4S2/c1-12(2,3)17-11(14)13-9-6-18-10-7-19(15,16)5-4-8(9)10/h6H,4-5,7H2,1-3H3,(H,13,14). The number of sulfone groups is 1. The summed E-state index contributed by atoms with van der Waals surface area (Å²) in [6, 6.07) is 0. The molecule has 2 rings (SSSR count). The van der Waals surface area contributed by atoms with E-state index in [1.54, 1.807) is 26.2 Å². The summed E-state index contributed by atoms with van der Waals surface area (Å²) in [5, 5.41) is 4.46. The molecule has 2 heterocycles. The van der Waals surface area contributed by atoms with Crippen LogP contribution in [0.5, 0.6) is 0 Å². The molecule has 1 aromatic heterocycles. The second kappa shape index (κ2) is 4.79. The Morgan fingerprint density at radius 3 is 2.74 bits per heavy atom. The van der Waals surface area contributed by atoms with Crippen LogP contribution in [-0.2, 0) is 26.7 Å². The molecule has 19 heavy (non-hydrogen) atoms. The van der Waals surface area contributed by atoms with Gasteiger partial charge in [-0.25, -0.2) is 13.2 Å². The molecule has 0 saturated carbocycles. The van der Waals surface area contributed by atoms with E-state index in [1.807, 2.05) is 0 Å². The lowest BCUT2D eigenvalue weighted by molar-refractivity contribution is 0.0636. The minimum atomic E-state index is -2.97. The van der Waals surface area contributed by atoms with Crippen molar-refractivity contribution in [1.29, 1.82) is 0 Å². The molecular formula is C12H17NO4S2. The van der Waals surface area contributed by atoms with Gasteiger partial charge in [0.05, 0.1) is 17.2 Å². The van der Waals surface area contributed by atoms with E-state index in [1.165, 1.54) is 11.3 Å². The van der Waals surface area contributed by atoms with E-state index in [0.717, 1.165) is 10.4 Å². The maximum absolute atomic E-state index is 11.7. The summed E-state index contributed by atoms with van der Waals surface area (Å²) >= 11 is 1.36. The number of nitrogens with one attached hydrogen (secondary N) is 1. The van der Waals surface area contributed by atoms with Gasteiger partial charge in [-0.05, 0) is 32.8 Å². The molecular weight excluding hydrogens is 286 g/mol. The quantitative estimate of drug-likeness (QED) is 0.865. The number of fused-ring (bicyclic) bond motifs is 1. The van der Waals surface area contributed by atoms with Crippen LogP contribution in [0.15, 0.2) is 5.38 Å². The molecule has 0 unspecified atom stereocenters. The highest BCUT2D eigenvalue weighted by Gasteiger charge is 2.26. The van der Waals surface area contributed by atoms with Gasteiger partial charge in [-0.3, -0.25) is 5.32 Å². The second-order valence-electron chi connectivity index (χ2n) is 5.52. The first kappa shape index (κ1) is 14.3.